The van der Waals surface area contributed by atoms with Crippen molar-refractivity contribution in [2.45, 2.75) is 110 Å². The number of carboxylic acids is 1. The van der Waals surface area contributed by atoms with Crippen LogP contribution in [-0.4, -0.2) is 55.7 Å². The molecule has 0 spiro atoms. The van der Waals surface area contributed by atoms with E-state index < -0.39 is 5.97 Å². The molecule has 0 saturated carbocycles. The molecule has 0 saturated heterocycles. The van der Waals surface area contributed by atoms with Crippen LogP contribution in [0.25, 0.3) is 0 Å². The molecule has 0 heterocycles. The van der Waals surface area contributed by atoms with Crippen molar-refractivity contribution in [2.24, 2.45) is 0 Å². The summed E-state index contributed by atoms with van der Waals surface area (Å²) in [6, 6.07) is 0. The Balaban J connectivity index is 3.16. The van der Waals surface area contributed by atoms with Crippen LogP contribution in [0, 0.1) is 0 Å². The lowest BCUT2D eigenvalue weighted by atomic mass is 10.0. The molecule has 0 aliphatic rings. The smallest absolute Gasteiger partial charge is 0.329 e. The topological polar surface area (TPSA) is 102 Å². The van der Waals surface area contributed by atoms with Gasteiger partial charge in [-0.2, -0.15) is 0 Å². The molecule has 0 unspecified atom stereocenters. The van der Waals surface area contributed by atoms with Crippen molar-refractivity contribution in [3.8, 4) is 0 Å². The molecule has 0 radical (unpaired) electrons. The minimum Gasteiger partial charge on any atom is -0.480 e. The molecular weight excluding hydrogens is 410 g/mol. The molecule has 0 atom stereocenters. The number of ketones is 1. The van der Waals surface area contributed by atoms with E-state index in [-0.39, 0.29) is 19.1 Å². The number of nitrogens with one attached hydrogen (secondary N) is 1. The Morgan fingerprint density at radius 1 is 0.625 bits per heavy atom. The van der Waals surface area contributed by atoms with Gasteiger partial charge >= 0.3 is 5.97 Å². The van der Waals surface area contributed by atoms with Crippen LogP contribution in [0.5, 0.6) is 0 Å². The van der Waals surface area contributed by atoms with Gasteiger partial charge in [-0.15, -0.1) is 0 Å². The molecule has 1 amide bonds. The summed E-state index contributed by atoms with van der Waals surface area (Å²) in [5.41, 5.74) is 0. The van der Waals surface area contributed by atoms with Crippen molar-refractivity contribution in [1.82, 2.24) is 5.32 Å². The van der Waals surface area contributed by atoms with Gasteiger partial charge in [0.25, 0.3) is 0 Å². The summed E-state index contributed by atoms with van der Waals surface area (Å²) < 4.78 is 10.1. The molecule has 0 aromatic rings. The summed E-state index contributed by atoms with van der Waals surface area (Å²) >= 11 is 0. The Morgan fingerprint density at radius 2 is 1.06 bits per heavy atom. The SMILES string of the molecule is CC(=O)CCCCCCCCCCCCCCCCC(=O)NCCOCCOCC(=O)O. The van der Waals surface area contributed by atoms with Gasteiger partial charge in [0.1, 0.15) is 12.4 Å². The number of aliphatic carboxylic acids is 1. The van der Waals surface area contributed by atoms with Crippen LogP contribution < -0.4 is 5.32 Å². The van der Waals surface area contributed by atoms with E-state index in [0.29, 0.717) is 32.0 Å². The number of Topliss-reactive ketones (excluding diaryl/α,β-unsaturated/α-hetero) is 1. The Labute approximate surface area is 195 Å². The number of amides is 1. The second kappa shape index (κ2) is 24.2. The lowest BCUT2D eigenvalue weighted by Gasteiger charge is -2.07. The standard InChI is InChI=1S/C25H47NO6/c1-23(27)16-14-12-10-8-6-4-2-3-5-7-9-11-13-15-17-24(28)26-18-19-31-20-21-32-22-25(29)30/h2-22H2,1H3,(H,26,28)(H,29,30). The van der Waals surface area contributed by atoms with Gasteiger partial charge in [0.05, 0.1) is 19.8 Å². The predicted octanol–water partition coefficient (Wildman–Crippen LogP) is 5.05. The number of hydrogen-bond acceptors (Lipinski definition) is 5. The monoisotopic (exact) mass is 457 g/mol. The maximum absolute atomic E-state index is 11.7. The molecule has 7 nitrogen and oxygen atoms in total. The Morgan fingerprint density at radius 3 is 1.53 bits per heavy atom. The highest BCUT2D eigenvalue weighted by Crippen LogP contribution is 2.13. The zero-order valence-electron chi connectivity index (χ0n) is 20.3. The average molecular weight is 458 g/mol. The summed E-state index contributed by atoms with van der Waals surface area (Å²) in [4.78, 5) is 32.9. The third-order valence-corrected chi connectivity index (χ3v) is 5.35. The lowest BCUT2D eigenvalue weighted by Crippen LogP contribution is -2.27. The highest BCUT2D eigenvalue weighted by Gasteiger charge is 2.01. The van der Waals surface area contributed by atoms with Gasteiger partial charge in [0.2, 0.25) is 5.91 Å². The second-order valence-electron chi connectivity index (χ2n) is 8.56. The van der Waals surface area contributed by atoms with E-state index in [1.54, 1.807) is 6.92 Å². The predicted molar refractivity (Wildman–Crippen MR) is 127 cm³/mol. The van der Waals surface area contributed by atoms with Crippen molar-refractivity contribution in [3.63, 3.8) is 0 Å². The zero-order valence-corrected chi connectivity index (χ0v) is 20.3. The fraction of sp³-hybridized carbons (Fsp3) is 0.880. The Bertz CT molecular complexity index is 469. The number of ether oxygens (including phenoxy) is 2. The molecule has 0 rings (SSSR count). The molecule has 0 bridgehead atoms. The first-order valence-corrected chi connectivity index (χ1v) is 12.7. The van der Waals surface area contributed by atoms with Gasteiger partial charge in [-0.25, -0.2) is 4.79 Å². The average Bonchev–Trinajstić information content (AvgIpc) is 2.74. The maximum atomic E-state index is 11.7. The van der Waals surface area contributed by atoms with Crippen LogP contribution in [-0.2, 0) is 23.9 Å². The van der Waals surface area contributed by atoms with Crippen molar-refractivity contribution < 1.29 is 29.0 Å². The largest absolute Gasteiger partial charge is 0.480 e. The number of rotatable bonds is 25. The van der Waals surface area contributed by atoms with Crippen molar-refractivity contribution in [3.05, 3.63) is 0 Å². The van der Waals surface area contributed by atoms with E-state index in [1.807, 2.05) is 0 Å². The zero-order chi connectivity index (χ0) is 23.7. The number of hydrogen-bond donors (Lipinski definition) is 2. The molecule has 0 fully saturated rings. The first kappa shape index (κ1) is 30.5. The highest BCUT2D eigenvalue weighted by molar-refractivity contribution is 5.75. The summed E-state index contributed by atoms with van der Waals surface area (Å²) in [5.74, 6) is -0.614. The van der Waals surface area contributed by atoms with Crippen molar-refractivity contribution in [1.29, 1.82) is 0 Å². The van der Waals surface area contributed by atoms with Crippen LogP contribution >= 0.6 is 0 Å². The van der Waals surface area contributed by atoms with Crippen molar-refractivity contribution in [2.75, 3.05) is 33.0 Å². The number of carbonyl (C=O) groups is 3. The summed E-state index contributed by atoms with van der Waals surface area (Å²) in [7, 11) is 0. The summed E-state index contributed by atoms with van der Waals surface area (Å²) in [6.07, 6.45) is 18.6. The quantitative estimate of drug-likeness (QED) is 0.186. The molecule has 0 aromatic heterocycles. The minimum absolute atomic E-state index is 0.0644. The highest BCUT2D eigenvalue weighted by atomic mass is 16.5. The molecule has 0 aliphatic heterocycles. The number of unbranched alkanes of at least 4 members (excludes halogenated alkanes) is 13. The van der Waals surface area contributed by atoms with E-state index >= 15 is 0 Å². The molecule has 2 N–H and O–H groups in total. The van der Waals surface area contributed by atoms with Gasteiger partial charge in [-0.3, -0.25) is 4.79 Å². The van der Waals surface area contributed by atoms with Crippen LogP contribution in [0.3, 0.4) is 0 Å². The Hall–Kier alpha value is -1.47. The van der Waals surface area contributed by atoms with Gasteiger partial charge in [-0.1, -0.05) is 77.0 Å². The van der Waals surface area contributed by atoms with Gasteiger partial charge in [0.15, 0.2) is 0 Å². The van der Waals surface area contributed by atoms with Gasteiger partial charge in [0, 0.05) is 19.4 Å². The van der Waals surface area contributed by atoms with E-state index in [2.05, 4.69) is 5.32 Å². The molecular formula is C25H47NO6. The van der Waals surface area contributed by atoms with Crippen LogP contribution in [0.2, 0.25) is 0 Å². The first-order chi connectivity index (χ1) is 15.5. The van der Waals surface area contributed by atoms with Gasteiger partial charge < -0.3 is 24.7 Å². The fourth-order valence-corrected chi connectivity index (χ4v) is 3.51. The van der Waals surface area contributed by atoms with Crippen LogP contribution in [0.4, 0.5) is 0 Å². The molecule has 0 aliphatic carbocycles. The fourth-order valence-electron chi connectivity index (χ4n) is 3.51. The minimum atomic E-state index is -0.992. The summed E-state index contributed by atoms with van der Waals surface area (Å²) in [5, 5.41) is 11.2. The summed E-state index contributed by atoms with van der Waals surface area (Å²) in [6.45, 7) is 2.80. The van der Waals surface area contributed by atoms with E-state index in [4.69, 9.17) is 14.6 Å². The van der Waals surface area contributed by atoms with E-state index in [9.17, 15) is 14.4 Å². The molecule has 188 valence electrons. The normalized spacial score (nSPS) is 10.9. The van der Waals surface area contributed by atoms with E-state index in [0.717, 1.165) is 25.7 Å². The van der Waals surface area contributed by atoms with Crippen molar-refractivity contribution >= 4 is 17.7 Å². The van der Waals surface area contributed by atoms with Crippen LogP contribution in [0.15, 0.2) is 0 Å². The Kier molecular flexibility index (Phi) is 23.1. The third-order valence-electron chi connectivity index (χ3n) is 5.35. The number of carbonyl (C=O) groups excluding carboxylic acids is 2. The first-order valence-electron chi connectivity index (χ1n) is 12.7. The third kappa shape index (κ3) is 26.6. The van der Waals surface area contributed by atoms with E-state index in [1.165, 1.54) is 70.6 Å². The molecule has 32 heavy (non-hydrogen) atoms. The molecule has 7 heteroatoms. The lowest BCUT2D eigenvalue weighted by molar-refractivity contribution is -0.142. The number of carboxylic acid groups (broad SMARTS) is 1. The van der Waals surface area contributed by atoms with Gasteiger partial charge in [-0.05, 0) is 19.8 Å². The van der Waals surface area contributed by atoms with Crippen LogP contribution in [0.1, 0.15) is 110 Å². The second-order valence-corrected chi connectivity index (χ2v) is 8.56. The molecule has 0 aromatic carbocycles. The maximum Gasteiger partial charge on any atom is 0.329 e.